The third kappa shape index (κ3) is 3.60. The zero-order chi connectivity index (χ0) is 13.0. The second-order valence-electron chi connectivity index (χ2n) is 4.33. The van der Waals surface area contributed by atoms with Gasteiger partial charge < -0.3 is 10.1 Å². The minimum atomic E-state index is -4.33. The first kappa shape index (κ1) is 13.1. The van der Waals surface area contributed by atoms with E-state index in [-0.39, 0.29) is 11.8 Å². The minimum absolute atomic E-state index is 0.113. The number of piperidine rings is 1. The molecule has 2 rings (SSSR count). The summed E-state index contributed by atoms with van der Waals surface area (Å²) in [4.78, 5) is 3.91. The molecule has 0 unspecified atom stereocenters. The van der Waals surface area contributed by atoms with Crippen molar-refractivity contribution in [2.45, 2.75) is 24.9 Å². The van der Waals surface area contributed by atoms with Crippen molar-refractivity contribution in [3.8, 4) is 5.88 Å². The van der Waals surface area contributed by atoms with E-state index in [4.69, 9.17) is 4.74 Å². The predicted molar refractivity (Wildman–Crippen MR) is 60.6 cm³/mol. The topological polar surface area (TPSA) is 34.1 Å². The number of nitrogens with zero attached hydrogens (tertiary/aromatic N) is 1. The van der Waals surface area contributed by atoms with Crippen LogP contribution >= 0.6 is 0 Å². The lowest BCUT2D eigenvalue weighted by Gasteiger charge is -2.24. The van der Waals surface area contributed by atoms with Gasteiger partial charge in [-0.3, -0.25) is 0 Å². The van der Waals surface area contributed by atoms with Gasteiger partial charge in [0.2, 0.25) is 5.88 Å². The van der Waals surface area contributed by atoms with Crippen molar-refractivity contribution < 1.29 is 17.9 Å². The maximum absolute atomic E-state index is 12.2. The predicted octanol–water partition coefficient (Wildman–Crippen LogP) is 2.49. The second-order valence-corrected chi connectivity index (χ2v) is 4.33. The molecular weight excluding hydrogens is 245 g/mol. The number of hydrogen-bond acceptors (Lipinski definition) is 3. The Labute approximate surface area is 103 Å². The standard InChI is InChI=1S/C12H15F3N2O/c13-12(14,15)8-18-11-10(2-1-5-17-11)9-3-6-16-7-4-9/h1-2,5,9,16H,3-4,6-8H2. The van der Waals surface area contributed by atoms with Crippen LogP contribution < -0.4 is 10.1 Å². The van der Waals surface area contributed by atoms with Crippen LogP contribution in [-0.2, 0) is 0 Å². The van der Waals surface area contributed by atoms with E-state index in [0.29, 0.717) is 0 Å². The maximum Gasteiger partial charge on any atom is 0.422 e. The fraction of sp³-hybridized carbons (Fsp3) is 0.583. The Kier molecular flexibility index (Phi) is 4.06. The van der Waals surface area contributed by atoms with E-state index in [0.717, 1.165) is 31.5 Å². The summed E-state index contributed by atoms with van der Waals surface area (Å²) in [6.07, 6.45) is -1.08. The van der Waals surface area contributed by atoms with E-state index < -0.39 is 12.8 Å². The molecule has 18 heavy (non-hydrogen) atoms. The molecule has 0 saturated carbocycles. The fourth-order valence-electron chi connectivity index (χ4n) is 2.12. The van der Waals surface area contributed by atoms with Crippen LogP contribution in [0.15, 0.2) is 18.3 Å². The summed E-state index contributed by atoms with van der Waals surface area (Å²) >= 11 is 0. The van der Waals surface area contributed by atoms with Gasteiger partial charge in [0, 0.05) is 11.8 Å². The Morgan fingerprint density at radius 3 is 2.72 bits per heavy atom. The molecule has 0 radical (unpaired) electrons. The first-order valence-corrected chi connectivity index (χ1v) is 5.91. The number of rotatable bonds is 3. The molecule has 0 aromatic carbocycles. The number of pyridine rings is 1. The van der Waals surface area contributed by atoms with Crippen molar-refractivity contribution in [3.63, 3.8) is 0 Å². The Morgan fingerprint density at radius 2 is 2.06 bits per heavy atom. The quantitative estimate of drug-likeness (QED) is 0.906. The van der Waals surface area contributed by atoms with E-state index in [1.54, 1.807) is 12.1 Å². The van der Waals surface area contributed by atoms with Crippen LogP contribution in [-0.4, -0.2) is 30.9 Å². The van der Waals surface area contributed by atoms with Crippen LogP contribution in [0.5, 0.6) is 5.88 Å². The Balaban J connectivity index is 2.09. The van der Waals surface area contributed by atoms with E-state index >= 15 is 0 Å². The van der Waals surface area contributed by atoms with Crippen molar-refractivity contribution in [2.24, 2.45) is 0 Å². The Morgan fingerprint density at radius 1 is 1.33 bits per heavy atom. The number of nitrogens with one attached hydrogen (secondary N) is 1. The van der Waals surface area contributed by atoms with Crippen LogP contribution in [0.3, 0.4) is 0 Å². The van der Waals surface area contributed by atoms with Crippen LogP contribution in [0.2, 0.25) is 0 Å². The molecule has 0 amide bonds. The number of halogens is 3. The highest BCUT2D eigenvalue weighted by Crippen LogP contribution is 2.31. The Bertz CT molecular complexity index is 389. The molecule has 3 nitrogen and oxygen atoms in total. The molecule has 1 aromatic rings. The molecule has 0 spiro atoms. The Hall–Kier alpha value is -1.30. The molecule has 1 aromatic heterocycles. The highest BCUT2D eigenvalue weighted by atomic mass is 19.4. The van der Waals surface area contributed by atoms with Crippen molar-refractivity contribution in [2.75, 3.05) is 19.7 Å². The van der Waals surface area contributed by atoms with E-state index in [2.05, 4.69) is 10.3 Å². The molecule has 2 heterocycles. The molecule has 0 aliphatic carbocycles. The van der Waals surface area contributed by atoms with Gasteiger partial charge in [-0.05, 0) is 37.9 Å². The highest BCUT2D eigenvalue weighted by molar-refractivity contribution is 5.29. The average molecular weight is 260 g/mol. The monoisotopic (exact) mass is 260 g/mol. The molecule has 1 aliphatic heterocycles. The molecule has 1 aliphatic rings. The minimum Gasteiger partial charge on any atom is -0.468 e. The summed E-state index contributed by atoms with van der Waals surface area (Å²) in [6.45, 7) is 0.457. The lowest BCUT2D eigenvalue weighted by molar-refractivity contribution is -0.154. The third-order valence-electron chi connectivity index (χ3n) is 2.95. The van der Waals surface area contributed by atoms with Gasteiger partial charge in [0.1, 0.15) is 0 Å². The van der Waals surface area contributed by atoms with Gasteiger partial charge in [0.15, 0.2) is 6.61 Å². The fourth-order valence-corrected chi connectivity index (χ4v) is 2.12. The van der Waals surface area contributed by atoms with Crippen molar-refractivity contribution >= 4 is 0 Å². The van der Waals surface area contributed by atoms with Gasteiger partial charge in [-0.15, -0.1) is 0 Å². The van der Waals surface area contributed by atoms with Gasteiger partial charge in [0.05, 0.1) is 0 Å². The van der Waals surface area contributed by atoms with Crippen molar-refractivity contribution in [3.05, 3.63) is 23.9 Å². The van der Waals surface area contributed by atoms with Gasteiger partial charge in [-0.25, -0.2) is 4.98 Å². The molecular formula is C12H15F3N2O. The maximum atomic E-state index is 12.2. The molecule has 0 atom stereocenters. The summed E-state index contributed by atoms with van der Waals surface area (Å²) in [5.41, 5.74) is 0.781. The molecule has 1 N–H and O–H groups in total. The summed E-state index contributed by atoms with van der Waals surface area (Å²) in [6, 6.07) is 3.53. The van der Waals surface area contributed by atoms with Crippen LogP contribution in [0.1, 0.15) is 24.3 Å². The molecule has 1 fully saturated rings. The zero-order valence-electron chi connectivity index (χ0n) is 9.83. The van der Waals surface area contributed by atoms with Gasteiger partial charge in [-0.1, -0.05) is 6.07 Å². The number of hydrogen-bond donors (Lipinski definition) is 1. The lowest BCUT2D eigenvalue weighted by atomic mass is 9.91. The van der Waals surface area contributed by atoms with Crippen LogP contribution in [0, 0.1) is 0 Å². The second kappa shape index (κ2) is 5.56. The summed E-state index contributed by atoms with van der Waals surface area (Å²) in [5.74, 6) is 0.338. The average Bonchev–Trinajstić information content (AvgIpc) is 2.37. The van der Waals surface area contributed by atoms with Crippen molar-refractivity contribution in [1.29, 1.82) is 0 Å². The molecule has 6 heteroatoms. The summed E-state index contributed by atoms with van der Waals surface area (Å²) in [7, 11) is 0. The zero-order valence-corrected chi connectivity index (χ0v) is 9.83. The largest absolute Gasteiger partial charge is 0.468 e. The first-order chi connectivity index (χ1) is 8.56. The van der Waals surface area contributed by atoms with Crippen LogP contribution in [0.4, 0.5) is 13.2 Å². The summed E-state index contributed by atoms with van der Waals surface area (Å²) in [5, 5.41) is 3.22. The molecule has 0 bridgehead atoms. The lowest BCUT2D eigenvalue weighted by Crippen LogP contribution is -2.27. The normalized spacial score (nSPS) is 17.7. The first-order valence-electron chi connectivity index (χ1n) is 5.91. The van der Waals surface area contributed by atoms with Gasteiger partial charge in [-0.2, -0.15) is 13.2 Å². The molecule has 100 valence electrons. The van der Waals surface area contributed by atoms with E-state index in [9.17, 15) is 13.2 Å². The summed E-state index contributed by atoms with van der Waals surface area (Å²) < 4.78 is 41.3. The SMILES string of the molecule is FC(F)(F)COc1ncccc1C1CCNCC1. The van der Waals surface area contributed by atoms with E-state index in [1.807, 2.05) is 0 Å². The smallest absolute Gasteiger partial charge is 0.422 e. The van der Waals surface area contributed by atoms with E-state index in [1.165, 1.54) is 6.20 Å². The van der Waals surface area contributed by atoms with Gasteiger partial charge >= 0.3 is 6.18 Å². The highest BCUT2D eigenvalue weighted by Gasteiger charge is 2.29. The van der Waals surface area contributed by atoms with Crippen LogP contribution in [0.25, 0.3) is 0 Å². The number of aromatic nitrogens is 1. The number of alkyl halides is 3. The number of ether oxygens (including phenoxy) is 1. The van der Waals surface area contributed by atoms with Crippen molar-refractivity contribution in [1.82, 2.24) is 10.3 Å². The third-order valence-corrected chi connectivity index (χ3v) is 2.95. The van der Waals surface area contributed by atoms with Gasteiger partial charge in [0.25, 0.3) is 0 Å². The molecule has 1 saturated heterocycles.